The van der Waals surface area contributed by atoms with E-state index in [4.69, 9.17) is 12.2 Å². The number of hydrogen-bond acceptors (Lipinski definition) is 5. The number of carbonyl (C=O) groups excluding carboxylic acids is 1. The number of nitrogens with zero attached hydrogens (tertiary/aromatic N) is 5. The fourth-order valence-electron chi connectivity index (χ4n) is 2.62. The number of likely N-dealkylation sites (N-methyl/N-ethyl adjacent to an activating group) is 1. The van der Waals surface area contributed by atoms with E-state index in [1.807, 2.05) is 64.8 Å². The van der Waals surface area contributed by atoms with Crippen molar-refractivity contribution < 1.29 is 4.79 Å². The maximum atomic E-state index is 12.0. The van der Waals surface area contributed by atoms with Gasteiger partial charge < -0.3 is 5.32 Å². The van der Waals surface area contributed by atoms with E-state index in [0.717, 1.165) is 16.8 Å². The second-order valence-electron chi connectivity index (χ2n) is 7.37. The number of tetrazole rings is 1. The predicted molar refractivity (Wildman–Crippen MR) is 100 cm³/mol. The van der Waals surface area contributed by atoms with E-state index in [0.29, 0.717) is 11.4 Å². The summed E-state index contributed by atoms with van der Waals surface area (Å²) >= 11 is 5.52. The highest BCUT2D eigenvalue weighted by Gasteiger charge is 2.16. The highest BCUT2D eigenvalue weighted by Crippen LogP contribution is 2.17. The van der Waals surface area contributed by atoms with Gasteiger partial charge in [-0.25, -0.2) is 4.68 Å². The zero-order chi connectivity index (χ0) is 18.8. The third-order valence-electron chi connectivity index (χ3n) is 3.59. The van der Waals surface area contributed by atoms with Gasteiger partial charge in [0.2, 0.25) is 10.7 Å². The molecule has 0 unspecified atom stereocenters. The Morgan fingerprint density at radius 1 is 1.24 bits per heavy atom. The molecular weight excluding hydrogens is 336 g/mol. The molecule has 0 saturated heterocycles. The fraction of sp³-hybridized carbons (Fsp3) is 0.529. The molecule has 136 valence electrons. The molecule has 1 heterocycles. The number of nitrogens with one attached hydrogen (secondary N) is 1. The van der Waals surface area contributed by atoms with E-state index in [9.17, 15) is 4.79 Å². The number of aromatic nitrogens is 4. The monoisotopic (exact) mass is 362 g/mol. The number of para-hydroxylation sites is 1. The number of hydrogen-bond donors (Lipinski definition) is 1. The molecule has 2 aromatic rings. The highest BCUT2D eigenvalue weighted by atomic mass is 32.1. The lowest BCUT2D eigenvalue weighted by Crippen LogP contribution is -2.45. The minimum Gasteiger partial charge on any atom is -0.350 e. The zero-order valence-electron chi connectivity index (χ0n) is 15.7. The van der Waals surface area contributed by atoms with Crippen LogP contribution in [0.1, 0.15) is 31.9 Å². The lowest BCUT2D eigenvalue weighted by atomic mass is 10.1. The van der Waals surface area contributed by atoms with Crippen LogP contribution in [-0.4, -0.2) is 49.7 Å². The minimum absolute atomic E-state index is 0.0383. The van der Waals surface area contributed by atoms with Crippen molar-refractivity contribution >= 4 is 18.1 Å². The Balaban J connectivity index is 2.14. The summed E-state index contributed by atoms with van der Waals surface area (Å²) in [5.41, 5.74) is 2.87. The molecular formula is C17H26N6OS. The maximum Gasteiger partial charge on any atom is 0.234 e. The number of benzene rings is 1. The molecule has 2 rings (SSSR count). The molecule has 0 aliphatic heterocycles. The van der Waals surface area contributed by atoms with Gasteiger partial charge in [0, 0.05) is 5.54 Å². The molecule has 0 fully saturated rings. The molecule has 25 heavy (non-hydrogen) atoms. The van der Waals surface area contributed by atoms with Gasteiger partial charge in [0.15, 0.2) is 0 Å². The van der Waals surface area contributed by atoms with E-state index in [1.54, 1.807) is 9.36 Å². The smallest absolute Gasteiger partial charge is 0.234 e. The molecule has 1 aromatic heterocycles. The van der Waals surface area contributed by atoms with Crippen LogP contribution in [0.5, 0.6) is 0 Å². The molecule has 1 amide bonds. The lowest BCUT2D eigenvalue weighted by Gasteiger charge is -2.23. The molecule has 8 heteroatoms. The molecule has 1 aromatic carbocycles. The minimum atomic E-state index is -0.250. The topological polar surface area (TPSA) is 68.0 Å². The van der Waals surface area contributed by atoms with E-state index in [1.165, 1.54) is 0 Å². The first kappa shape index (κ1) is 19.3. The Labute approximate surface area is 153 Å². The van der Waals surface area contributed by atoms with E-state index in [2.05, 4.69) is 15.7 Å². The van der Waals surface area contributed by atoms with Gasteiger partial charge in [-0.15, -0.1) is 0 Å². The predicted octanol–water partition coefficient (Wildman–Crippen LogP) is 2.22. The van der Waals surface area contributed by atoms with E-state index >= 15 is 0 Å². The Morgan fingerprint density at radius 2 is 1.84 bits per heavy atom. The van der Waals surface area contributed by atoms with Crippen molar-refractivity contribution in [2.45, 2.75) is 46.8 Å². The van der Waals surface area contributed by atoms with Crippen molar-refractivity contribution in [2.24, 2.45) is 0 Å². The van der Waals surface area contributed by atoms with Crippen molar-refractivity contribution in [1.29, 1.82) is 0 Å². The molecule has 0 spiro atoms. The summed E-state index contributed by atoms with van der Waals surface area (Å²) in [7, 11) is 1.85. The Morgan fingerprint density at radius 3 is 2.40 bits per heavy atom. The fourth-order valence-corrected chi connectivity index (χ4v) is 2.85. The average Bonchev–Trinajstić information content (AvgIpc) is 2.78. The number of amides is 1. The summed E-state index contributed by atoms with van der Waals surface area (Å²) in [6.07, 6.45) is 0. The Kier molecular flexibility index (Phi) is 5.74. The quantitative estimate of drug-likeness (QED) is 0.826. The lowest BCUT2D eigenvalue weighted by molar-refractivity contribution is -0.123. The molecule has 0 radical (unpaired) electrons. The summed E-state index contributed by atoms with van der Waals surface area (Å²) in [6.45, 7) is 10.6. The largest absolute Gasteiger partial charge is 0.350 e. The second-order valence-corrected chi connectivity index (χ2v) is 7.73. The van der Waals surface area contributed by atoms with Gasteiger partial charge in [-0.1, -0.05) is 18.2 Å². The first-order chi connectivity index (χ1) is 11.6. The van der Waals surface area contributed by atoms with Crippen LogP contribution in [0.4, 0.5) is 0 Å². The Bertz CT molecular complexity index is 797. The van der Waals surface area contributed by atoms with Crippen LogP contribution < -0.4 is 5.32 Å². The van der Waals surface area contributed by atoms with Crippen molar-refractivity contribution in [3.8, 4) is 5.69 Å². The average molecular weight is 363 g/mol. The van der Waals surface area contributed by atoms with Gasteiger partial charge in [-0.2, -0.15) is 4.68 Å². The maximum absolute atomic E-state index is 12.0. The van der Waals surface area contributed by atoms with Gasteiger partial charge in [0.25, 0.3) is 0 Å². The van der Waals surface area contributed by atoms with Crippen LogP contribution in [0, 0.1) is 18.6 Å². The zero-order valence-corrected chi connectivity index (χ0v) is 16.5. The molecule has 7 nitrogen and oxygen atoms in total. The van der Waals surface area contributed by atoms with Crippen LogP contribution in [0.3, 0.4) is 0 Å². The van der Waals surface area contributed by atoms with Crippen molar-refractivity contribution in [3.63, 3.8) is 0 Å². The van der Waals surface area contributed by atoms with Gasteiger partial charge >= 0.3 is 0 Å². The normalized spacial score (nSPS) is 11.8. The van der Waals surface area contributed by atoms with Crippen LogP contribution in [0.25, 0.3) is 5.69 Å². The molecule has 0 aliphatic rings. The number of rotatable bonds is 5. The summed E-state index contributed by atoms with van der Waals surface area (Å²) in [6, 6.07) is 6.04. The van der Waals surface area contributed by atoms with Gasteiger partial charge in [0.1, 0.15) is 0 Å². The Hall–Kier alpha value is -2.06. The summed E-state index contributed by atoms with van der Waals surface area (Å²) < 4.78 is 3.79. The second kappa shape index (κ2) is 7.45. The van der Waals surface area contributed by atoms with Gasteiger partial charge in [-0.05, 0) is 75.4 Å². The SMILES string of the molecule is Cc1cccc(C)c1-n1nnn(CN(C)CC(=O)NC(C)(C)C)c1=S. The summed E-state index contributed by atoms with van der Waals surface area (Å²) in [4.78, 5) is 13.9. The standard InChI is InChI=1S/C17H26N6OS/c1-12-8-7-9-13(2)15(12)23-16(25)22(19-20-23)11-21(6)10-14(24)18-17(3,4)5/h7-9H,10-11H2,1-6H3,(H,18,24). The number of aryl methyl sites for hydroxylation is 2. The first-order valence-electron chi connectivity index (χ1n) is 8.17. The van der Waals surface area contributed by atoms with E-state index < -0.39 is 0 Å². The van der Waals surface area contributed by atoms with Crippen LogP contribution in [-0.2, 0) is 11.5 Å². The van der Waals surface area contributed by atoms with Crippen molar-refractivity contribution in [2.75, 3.05) is 13.6 Å². The molecule has 0 bridgehead atoms. The first-order valence-corrected chi connectivity index (χ1v) is 8.58. The van der Waals surface area contributed by atoms with Crippen molar-refractivity contribution in [1.82, 2.24) is 30.0 Å². The van der Waals surface area contributed by atoms with Crippen molar-refractivity contribution in [3.05, 3.63) is 34.1 Å². The summed E-state index contributed by atoms with van der Waals surface area (Å²) in [5, 5.41) is 11.3. The van der Waals surface area contributed by atoms with E-state index in [-0.39, 0.29) is 18.0 Å². The van der Waals surface area contributed by atoms with Crippen LogP contribution in [0.15, 0.2) is 18.2 Å². The highest BCUT2D eigenvalue weighted by molar-refractivity contribution is 7.71. The molecule has 0 aliphatic carbocycles. The van der Waals surface area contributed by atoms with Crippen LogP contribution >= 0.6 is 12.2 Å². The van der Waals surface area contributed by atoms with Crippen LogP contribution in [0.2, 0.25) is 0 Å². The molecule has 0 saturated carbocycles. The number of carbonyl (C=O) groups is 1. The summed E-state index contributed by atoms with van der Waals surface area (Å²) in [5.74, 6) is -0.0383. The molecule has 0 atom stereocenters. The van der Waals surface area contributed by atoms with Gasteiger partial charge in [-0.3, -0.25) is 9.69 Å². The van der Waals surface area contributed by atoms with Gasteiger partial charge in [0.05, 0.1) is 18.9 Å². The third kappa shape index (κ3) is 4.96. The molecule has 1 N–H and O–H groups in total. The third-order valence-corrected chi connectivity index (χ3v) is 3.98.